The molecule has 1 nitrogen and oxygen atoms in total. The Morgan fingerprint density at radius 3 is 2.31 bits per heavy atom. The van der Waals surface area contributed by atoms with Crippen LogP contribution in [0, 0.1) is 0 Å². The van der Waals surface area contributed by atoms with E-state index in [0.29, 0.717) is 11.1 Å². The molecule has 0 saturated heterocycles. The maximum absolute atomic E-state index is 10.3. The summed E-state index contributed by atoms with van der Waals surface area (Å²) in [6.45, 7) is 14.7. The van der Waals surface area contributed by atoms with E-state index in [1.54, 1.807) is 31.2 Å². The van der Waals surface area contributed by atoms with E-state index >= 15 is 0 Å². The Labute approximate surface area is 98.5 Å². The average molecular weight is 216 g/mol. The molecule has 0 amide bonds. The maximum atomic E-state index is 10.3. The van der Waals surface area contributed by atoms with Gasteiger partial charge in [0.2, 0.25) is 0 Å². The van der Waals surface area contributed by atoms with Gasteiger partial charge in [-0.2, -0.15) is 0 Å². The normalized spacial score (nSPS) is 16.3. The van der Waals surface area contributed by atoms with Gasteiger partial charge in [0.05, 0.1) is 0 Å². The van der Waals surface area contributed by atoms with Crippen LogP contribution in [-0.2, 0) is 0 Å². The first-order valence-corrected chi connectivity index (χ1v) is 5.17. The fraction of sp³-hybridized carbons (Fsp3) is 0.200. The van der Waals surface area contributed by atoms with Gasteiger partial charge in [0, 0.05) is 0 Å². The van der Waals surface area contributed by atoms with Crippen molar-refractivity contribution < 1.29 is 5.11 Å². The number of hydrogen-bond acceptors (Lipinski definition) is 1. The van der Waals surface area contributed by atoms with Crippen LogP contribution in [0.1, 0.15) is 13.8 Å². The van der Waals surface area contributed by atoms with E-state index in [1.165, 1.54) is 0 Å². The standard InChI is InChI=1S/C15H20O/c1-6-9-10-12-13(4)15(5,16)14(8-3)11-7-2/h6-12,16H,2-4H2,1,5H3/b9-6-,12-10-,14-11+. The van der Waals surface area contributed by atoms with Crippen LogP contribution in [0.3, 0.4) is 0 Å². The van der Waals surface area contributed by atoms with Gasteiger partial charge in [0.1, 0.15) is 5.60 Å². The monoisotopic (exact) mass is 216 g/mol. The molecule has 0 spiro atoms. The highest BCUT2D eigenvalue weighted by Crippen LogP contribution is 2.26. The van der Waals surface area contributed by atoms with Crippen molar-refractivity contribution in [3.05, 3.63) is 73.4 Å². The van der Waals surface area contributed by atoms with Gasteiger partial charge in [-0.15, -0.1) is 0 Å². The third-order valence-corrected chi connectivity index (χ3v) is 2.31. The van der Waals surface area contributed by atoms with Gasteiger partial charge in [0.25, 0.3) is 0 Å². The lowest BCUT2D eigenvalue weighted by Crippen LogP contribution is -2.27. The lowest BCUT2D eigenvalue weighted by molar-refractivity contribution is 0.146. The fourth-order valence-electron chi connectivity index (χ4n) is 1.19. The Hall–Kier alpha value is -1.60. The number of allylic oxidation sites excluding steroid dienone is 5. The predicted octanol–water partition coefficient (Wildman–Crippen LogP) is 3.72. The molecular weight excluding hydrogens is 196 g/mol. The second-order valence-electron chi connectivity index (χ2n) is 3.54. The molecule has 0 saturated carbocycles. The first kappa shape index (κ1) is 14.4. The molecule has 1 N–H and O–H groups in total. The molecule has 0 aliphatic heterocycles. The highest BCUT2D eigenvalue weighted by Gasteiger charge is 2.25. The van der Waals surface area contributed by atoms with Crippen molar-refractivity contribution in [1.82, 2.24) is 0 Å². The van der Waals surface area contributed by atoms with Crippen LogP contribution < -0.4 is 0 Å². The zero-order valence-corrected chi connectivity index (χ0v) is 10.1. The molecule has 16 heavy (non-hydrogen) atoms. The summed E-state index contributed by atoms with van der Waals surface area (Å²) in [5.41, 5.74) is 0.171. The van der Waals surface area contributed by atoms with Crippen LogP contribution in [-0.4, -0.2) is 10.7 Å². The van der Waals surface area contributed by atoms with Gasteiger partial charge < -0.3 is 5.11 Å². The maximum Gasteiger partial charge on any atom is 0.111 e. The largest absolute Gasteiger partial charge is 0.381 e. The van der Waals surface area contributed by atoms with E-state index in [9.17, 15) is 5.11 Å². The van der Waals surface area contributed by atoms with Gasteiger partial charge in [-0.1, -0.05) is 62.3 Å². The van der Waals surface area contributed by atoms with Crippen molar-refractivity contribution in [3.8, 4) is 0 Å². The van der Waals surface area contributed by atoms with Crippen LogP contribution in [0.4, 0.5) is 0 Å². The molecule has 0 aromatic carbocycles. The van der Waals surface area contributed by atoms with Crippen LogP contribution >= 0.6 is 0 Å². The molecule has 0 aliphatic carbocycles. The van der Waals surface area contributed by atoms with E-state index in [0.717, 1.165) is 0 Å². The molecule has 0 radical (unpaired) electrons. The molecule has 1 heteroatoms. The summed E-state index contributed by atoms with van der Waals surface area (Å²) in [4.78, 5) is 0. The molecule has 0 aromatic heterocycles. The van der Waals surface area contributed by atoms with Crippen molar-refractivity contribution in [1.29, 1.82) is 0 Å². The zero-order valence-electron chi connectivity index (χ0n) is 10.1. The summed E-state index contributed by atoms with van der Waals surface area (Å²) in [6.07, 6.45) is 12.4. The minimum Gasteiger partial charge on any atom is -0.381 e. The van der Waals surface area contributed by atoms with Crippen molar-refractivity contribution >= 4 is 0 Å². The van der Waals surface area contributed by atoms with Gasteiger partial charge in [-0.3, -0.25) is 0 Å². The van der Waals surface area contributed by atoms with E-state index in [-0.39, 0.29) is 0 Å². The third-order valence-electron chi connectivity index (χ3n) is 2.31. The van der Waals surface area contributed by atoms with Crippen molar-refractivity contribution in [3.63, 3.8) is 0 Å². The minimum atomic E-state index is -1.12. The van der Waals surface area contributed by atoms with E-state index in [1.807, 2.05) is 25.2 Å². The third kappa shape index (κ3) is 3.87. The summed E-state index contributed by atoms with van der Waals surface area (Å²) < 4.78 is 0. The van der Waals surface area contributed by atoms with E-state index in [2.05, 4.69) is 19.7 Å². The summed E-state index contributed by atoms with van der Waals surface area (Å²) in [6, 6.07) is 0. The molecular formula is C15H20O. The number of rotatable bonds is 6. The Balaban J connectivity index is 5.03. The molecule has 0 rings (SSSR count). The summed E-state index contributed by atoms with van der Waals surface area (Å²) >= 11 is 0. The molecule has 0 aliphatic rings. The summed E-state index contributed by atoms with van der Waals surface area (Å²) in [5, 5.41) is 10.3. The molecule has 0 aromatic rings. The topological polar surface area (TPSA) is 20.2 Å². The zero-order chi connectivity index (χ0) is 12.6. The highest BCUT2D eigenvalue weighted by atomic mass is 16.3. The van der Waals surface area contributed by atoms with E-state index in [4.69, 9.17) is 0 Å². The van der Waals surface area contributed by atoms with Gasteiger partial charge in [0.15, 0.2) is 0 Å². The smallest absolute Gasteiger partial charge is 0.111 e. The Kier molecular flexibility index (Phi) is 6.12. The van der Waals surface area contributed by atoms with Crippen LogP contribution in [0.5, 0.6) is 0 Å². The predicted molar refractivity (Wildman–Crippen MR) is 72.2 cm³/mol. The van der Waals surface area contributed by atoms with Gasteiger partial charge >= 0.3 is 0 Å². The highest BCUT2D eigenvalue weighted by molar-refractivity contribution is 5.42. The summed E-state index contributed by atoms with van der Waals surface area (Å²) in [7, 11) is 0. The quantitative estimate of drug-likeness (QED) is 0.671. The van der Waals surface area contributed by atoms with Crippen molar-refractivity contribution in [2.24, 2.45) is 0 Å². The molecule has 0 fully saturated rings. The first-order valence-electron chi connectivity index (χ1n) is 5.17. The lowest BCUT2D eigenvalue weighted by Gasteiger charge is -2.25. The summed E-state index contributed by atoms with van der Waals surface area (Å²) in [5.74, 6) is 0. The molecule has 1 atom stereocenters. The van der Waals surface area contributed by atoms with Crippen LogP contribution in [0.2, 0.25) is 0 Å². The number of hydrogen-bond donors (Lipinski definition) is 1. The van der Waals surface area contributed by atoms with Crippen LogP contribution in [0.15, 0.2) is 73.4 Å². The van der Waals surface area contributed by atoms with E-state index < -0.39 is 5.60 Å². The Morgan fingerprint density at radius 1 is 1.25 bits per heavy atom. The Bertz CT molecular complexity index is 352. The molecule has 0 bridgehead atoms. The molecule has 1 unspecified atom stereocenters. The first-order chi connectivity index (χ1) is 7.50. The van der Waals surface area contributed by atoms with Crippen molar-refractivity contribution in [2.45, 2.75) is 19.4 Å². The number of aliphatic hydroxyl groups is 1. The van der Waals surface area contributed by atoms with Gasteiger partial charge in [-0.05, 0) is 25.0 Å². The fourth-order valence-corrected chi connectivity index (χ4v) is 1.19. The second kappa shape index (κ2) is 6.81. The van der Waals surface area contributed by atoms with Gasteiger partial charge in [-0.25, -0.2) is 0 Å². The average Bonchev–Trinajstić information content (AvgIpc) is 2.25. The Morgan fingerprint density at radius 2 is 1.88 bits per heavy atom. The van der Waals surface area contributed by atoms with Crippen molar-refractivity contribution in [2.75, 3.05) is 0 Å². The molecule has 86 valence electrons. The minimum absolute atomic E-state index is 0.610. The second-order valence-corrected chi connectivity index (χ2v) is 3.54. The SMILES string of the molecule is C=C/C=C(\C=C)C(C)(O)C(=C)/C=C\C=C/C. The van der Waals surface area contributed by atoms with Crippen LogP contribution in [0.25, 0.3) is 0 Å². The lowest BCUT2D eigenvalue weighted by atomic mass is 9.87. The molecule has 0 heterocycles.